The van der Waals surface area contributed by atoms with Crippen molar-refractivity contribution in [3.8, 4) is 0 Å². The van der Waals surface area contributed by atoms with Crippen LogP contribution in [0, 0.1) is 5.41 Å². The van der Waals surface area contributed by atoms with Crippen LogP contribution in [-0.2, 0) is 4.79 Å². The number of ketones is 1. The van der Waals surface area contributed by atoms with E-state index in [0.29, 0.717) is 16.8 Å². The number of fused-ring (bicyclic) bond motifs is 3. The van der Waals surface area contributed by atoms with Gasteiger partial charge in [0.15, 0.2) is 5.78 Å². The molecule has 0 fully saturated rings. The van der Waals surface area contributed by atoms with Crippen LogP contribution in [0.25, 0.3) is 0 Å². The number of nitrogens with one attached hydrogen (secondary N) is 1. The molecular formula is C16H17N3O2. The van der Waals surface area contributed by atoms with Crippen molar-refractivity contribution in [2.75, 3.05) is 5.32 Å². The first-order valence-electron chi connectivity index (χ1n) is 6.91. The number of Topliss-reactive ketones (excluding diaryl/α,β-unsaturated/α-hetero) is 1. The second-order valence-electron chi connectivity index (χ2n) is 6.41. The van der Waals surface area contributed by atoms with E-state index in [9.17, 15) is 9.59 Å². The summed E-state index contributed by atoms with van der Waals surface area (Å²) < 4.78 is 0. The minimum absolute atomic E-state index is 0.0747. The van der Waals surface area contributed by atoms with Gasteiger partial charge in [0.2, 0.25) is 5.91 Å². The first-order chi connectivity index (χ1) is 9.80. The molecule has 21 heavy (non-hydrogen) atoms. The summed E-state index contributed by atoms with van der Waals surface area (Å²) >= 11 is 0. The van der Waals surface area contributed by atoms with Crippen molar-refractivity contribution in [1.29, 1.82) is 0 Å². The molecule has 2 aliphatic rings. The quantitative estimate of drug-likeness (QED) is 0.854. The second kappa shape index (κ2) is 4.35. The van der Waals surface area contributed by atoms with E-state index < -0.39 is 0 Å². The largest absolute Gasteiger partial charge is 0.326 e. The van der Waals surface area contributed by atoms with E-state index in [2.05, 4.69) is 15.5 Å². The van der Waals surface area contributed by atoms with Crippen molar-refractivity contribution in [1.82, 2.24) is 0 Å². The molecule has 0 saturated carbocycles. The van der Waals surface area contributed by atoms with Crippen molar-refractivity contribution in [2.45, 2.75) is 33.7 Å². The molecule has 1 amide bonds. The molecule has 1 atom stereocenters. The summed E-state index contributed by atoms with van der Waals surface area (Å²) in [5.41, 5.74) is 3.07. The van der Waals surface area contributed by atoms with Gasteiger partial charge in [-0.3, -0.25) is 9.59 Å². The van der Waals surface area contributed by atoms with E-state index in [0.717, 1.165) is 11.3 Å². The zero-order valence-electron chi connectivity index (χ0n) is 12.5. The van der Waals surface area contributed by atoms with E-state index in [4.69, 9.17) is 0 Å². The standard InChI is InChI=1S/C16H17N3O2/c1-8(20)17-10-7-5-6-9-11(10)14(21)12-13(9)18-19-15(12)16(2,3)4/h5-7,13H,1-4H3,(H,17,20). The highest BCUT2D eigenvalue weighted by Crippen LogP contribution is 2.50. The van der Waals surface area contributed by atoms with Gasteiger partial charge in [-0.1, -0.05) is 32.9 Å². The molecule has 0 saturated heterocycles. The van der Waals surface area contributed by atoms with Crippen molar-refractivity contribution in [2.24, 2.45) is 15.6 Å². The molecule has 1 aromatic rings. The fourth-order valence-corrected chi connectivity index (χ4v) is 2.84. The van der Waals surface area contributed by atoms with Gasteiger partial charge < -0.3 is 5.32 Å². The zero-order chi connectivity index (χ0) is 15.4. The smallest absolute Gasteiger partial charge is 0.221 e. The van der Waals surface area contributed by atoms with E-state index >= 15 is 0 Å². The average molecular weight is 283 g/mol. The van der Waals surface area contributed by atoms with E-state index in [1.54, 1.807) is 6.07 Å². The number of hydrogen-bond donors (Lipinski definition) is 1. The highest BCUT2D eigenvalue weighted by Gasteiger charge is 2.44. The summed E-state index contributed by atoms with van der Waals surface area (Å²) in [4.78, 5) is 24.1. The van der Waals surface area contributed by atoms with Gasteiger partial charge in [0.1, 0.15) is 6.04 Å². The van der Waals surface area contributed by atoms with Crippen LogP contribution in [0.3, 0.4) is 0 Å². The summed E-state index contributed by atoms with van der Waals surface area (Å²) in [6.45, 7) is 7.48. The Morgan fingerprint density at radius 2 is 2.00 bits per heavy atom. The average Bonchev–Trinajstić information content (AvgIpc) is 2.90. The maximum absolute atomic E-state index is 12.8. The van der Waals surface area contributed by atoms with Crippen LogP contribution in [0.1, 0.15) is 49.7 Å². The third-order valence-corrected chi connectivity index (χ3v) is 3.69. The van der Waals surface area contributed by atoms with E-state index in [1.807, 2.05) is 32.9 Å². The van der Waals surface area contributed by atoms with Gasteiger partial charge in [0.25, 0.3) is 0 Å². The molecule has 108 valence electrons. The third kappa shape index (κ3) is 2.00. The number of hydrogen-bond acceptors (Lipinski definition) is 4. The van der Waals surface area contributed by atoms with Gasteiger partial charge in [-0.2, -0.15) is 10.2 Å². The first-order valence-corrected chi connectivity index (χ1v) is 6.91. The van der Waals surface area contributed by atoms with Gasteiger partial charge in [0.05, 0.1) is 22.5 Å². The molecular weight excluding hydrogens is 266 g/mol. The van der Waals surface area contributed by atoms with Crippen molar-refractivity contribution in [3.63, 3.8) is 0 Å². The minimum atomic E-state index is -0.324. The lowest BCUT2D eigenvalue weighted by Crippen LogP contribution is -2.13. The molecule has 1 aliphatic heterocycles. The van der Waals surface area contributed by atoms with Gasteiger partial charge in [-0.15, -0.1) is 0 Å². The molecule has 0 bridgehead atoms. The van der Waals surface area contributed by atoms with Crippen LogP contribution in [0.2, 0.25) is 0 Å². The number of rotatable bonds is 1. The van der Waals surface area contributed by atoms with Crippen LogP contribution in [0.15, 0.2) is 39.7 Å². The van der Waals surface area contributed by atoms with Crippen molar-refractivity contribution in [3.05, 3.63) is 40.6 Å². The summed E-state index contributed by atoms with van der Waals surface area (Å²) in [6, 6.07) is 5.12. The minimum Gasteiger partial charge on any atom is -0.326 e. The predicted molar refractivity (Wildman–Crippen MR) is 79.2 cm³/mol. The number of carbonyl (C=O) groups is 2. The van der Waals surface area contributed by atoms with Crippen LogP contribution < -0.4 is 5.32 Å². The Balaban J connectivity index is 2.18. The Bertz CT molecular complexity index is 724. The maximum Gasteiger partial charge on any atom is 0.221 e. The lowest BCUT2D eigenvalue weighted by Gasteiger charge is -2.17. The van der Waals surface area contributed by atoms with E-state index in [-0.39, 0.29) is 23.1 Å². The molecule has 1 heterocycles. The number of anilines is 1. The fourth-order valence-electron chi connectivity index (χ4n) is 2.84. The molecule has 1 unspecified atom stereocenters. The van der Waals surface area contributed by atoms with Crippen molar-refractivity contribution < 1.29 is 9.59 Å². The first kappa shape index (κ1) is 13.7. The summed E-state index contributed by atoms with van der Waals surface area (Å²) in [5.74, 6) is -0.269. The predicted octanol–water partition coefficient (Wildman–Crippen LogP) is 3.65. The third-order valence-electron chi connectivity index (χ3n) is 3.69. The Kier molecular flexibility index (Phi) is 2.83. The number of carbonyl (C=O) groups excluding carboxylic acids is 2. The molecule has 1 aliphatic carbocycles. The SMILES string of the molecule is CC(=O)Nc1cccc2c1C(=O)C1=C(C(C)(C)C)N=NC12. The summed E-state index contributed by atoms with van der Waals surface area (Å²) in [7, 11) is 0. The Labute approximate surface area is 123 Å². The monoisotopic (exact) mass is 283 g/mol. The van der Waals surface area contributed by atoms with Gasteiger partial charge in [0, 0.05) is 12.3 Å². The normalized spacial score (nSPS) is 19.8. The number of allylic oxidation sites excluding steroid dienone is 1. The molecule has 3 rings (SSSR count). The van der Waals surface area contributed by atoms with Crippen LogP contribution in [-0.4, -0.2) is 11.7 Å². The van der Waals surface area contributed by atoms with Gasteiger partial charge in [-0.05, 0) is 11.6 Å². The maximum atomic E-state index is 12.8. The number of azo groups is 1. The Morgan fingerprint density at radius 1 is 1.29 bits per heavy atom. The van der Waals surface area contributed by atoms with Crippen molar-refractivity contribution >= 4 is 17.4 Å². The molecule has 5 heteroatoms. The molecule has 1 N–H and O–H groups in total. The van der Waals surface area contributed by atoms with Crippen LogP contribution in [0.4, 0.5) is 5.69 Å². The number of amides is 1. The lowest BCUT2D eigenvalue weighted by atomic mass is 9.87. The zero-order valence-corrected chi connectivity index (χ0v) is 12.5. The number of benzene rings is 1. The second-order valence-corrected chi connectivity index (χ2v) is 6.41. The highest BCUT2D eigenvalue weighted by atomic mass is 16.1. The Morgan fingerprint density at radius 3 is 2.62 bits per heavy atom. The molecule has 0 aromatic heterocycles. The van der Waals surface area contributed by atoms with E-state index in [1.165, 1.54) is 6.92 Å². The lowest BCUT2D eigenvalue weighted by molar-refractivity contribution is -0.114. The fraction of sp³-hybridized carbons (Fsp3) is 0.375. The molecule has 0 spiro atoms. The van der Waals surface area contributed by atoms with Gasteiger partial charge in [-0.25, -0.2) is 0 Å². The molecule has 1 aromatic carbocycles. The van der Waals surface area contributed by atoms with Crippen LogP contribution in [0.5, 0.6) is 0 Å². The van der Waals surface area contributed by atoms with Gasteiger partial charge >= 0.3 is 0 Å². The topological polar surface area (TPSA) is 70.9 Å². The summed E-state index contributed by atoms with van der Waals surface area (Å²) in [5, 5.41) is 11.2. The summed E-state index contributed by atoms with van der Waals surface area (Å²) in [6.07, 6.45) is 0. The Hall–Kier alpha value is -2.30. The van der Waals surface area contributed by atoms with Crippen LogP contribution >= 0.6 is 0 Å². The molecule has 5 nitrogen and oxygen atoms in total. The molecule has 0 radical (unpaired) electrons. The number of nitrogens with zero attached hydrogens (tertiary/aromatic N) is 2. The highest BCUT2D eigenvalue weighted by molar-refractivity contribution is 6.19.